The predicted octanol–water partition coefficient (Wildman–Crippen LogP) is 0.592. The van der Waals surface area contributed by atoms with Gasteiger partial charge < -0.3 is 24.4 Å². The second kappa shape index (κ2) is 10.9. The Labute approximate surface area is 243 Å². The van der Waals surface area contributed by atoms with Crippen molar-refractivity contribution in [2.75, 3.05) is 77.6 Å². The molecular weight excluding hydrogens is 564 g/mol. The number of nitrogens with zero attached hydrogens (tertiary/aromatic N) is 4. The summed E-state index contributed by atoms with van der Waals surface area (Å²) in [5.74, 6) is -2.93. The molecule has 42 heavy (non-hydrogen) atoms. The van der Waals surface area contributed by atoms with Crippen molar-refractivity contribution < 1.29 is 37.4 Å². The number of likely N-dealkylation sites (tertiary alicyclic amines) is 1. The minimum atomic E-state index is -3.80. The minimum Gasteiger partial charge on any atom is -0.507 e. The zero-order chi connectivity index (χ0) is 29.6. The molecule has 2 aromatic rings. The first-order valence-electron chi connectivity index (χ1n) is 13.8. The summed E-state index contributed by atoms with van der Waals surface area (Å²) in [7, 11) is -2.22. The highest BCUT2D eigenvalue weighted by atomic mass is 32.2. The number of aliphatic hydroxyl groups is 1. The Hall–Kier alpha value is -3.62. The van der Waals surface area contributed by atoms with E-state index in [-0.39, 0.29) is 35.7 Å². The maximum absolute atomic E-state index is 14.2. The van der Waals surface area contributed by atoms with Gasteiger partial charge in [-0.05, 0) is 30.3 Å². The molecule has 3 saturated heterocycles. The van der Waals surface area contributed by atoms with Crippen LogP contribution in [0.25, 0.3) is 5.76 Å². The van der Waals surface area contributed by atoms with Crippen molar-refractivity contribution >= 4 is 39.1 Å². The number of Topliss-reactive ketones (excluding diaryl/α,β-unsaturated/α-hetero) is 1. The van der Waals surface area contributed by atoms with Gasteiger partial charge in [0.2, 0.25) is 10.0 Å². The van der Waals surface area contributed by atoms with Crippen LogP contribution < -0.4 is 4.90 Å². The highest BCUT2D eigenvalue weighted by Crippen LogP contribution is 2.53. The first-order chi connectivity index (χ1) is 20.2. The van der Waals surface area contributed by atoms with E-state index in [1.54, 1.807) is 31.3 Å². The third kappa shape index (κ3) is 4.34. The van der Waals surface area contributed by atoms with E-state index in [0.29, 0.717) is 57.3 Å². The number of likely N-dealkylation sites (N-methyl/N-ethyl adjacent to an activating group) is 1. The predicted molar refractivity (Wildman–Crippen MR) is 151 cm³/mol. The molecule has 6 rings (SSSR count). The molecule has 0 aliphatic carbocycles. The molecule has 4 heterocycles. The second-order valence-electron chi connectivity index (χ2n) is 10.6. The Bertz CT molecular complexity index is 1560. The lowest BCUT2D eigenvalue weighted by atomic mass is 9.82. The lowest BCUT2D eigenvalue weighted by molar-refractivity contribution is -0.144. The van der Waals surface area contributed by atoms with Gasteiger partial charge >= 0.3 is 0 Å². The molecule has 3 fully saturated rings. The summed E-state index contributed by atoms with van der Waals surface area (Å²) in [6, 6.07) is 12.4. The molecule has 12 nitrogen and oxygen atoms in total. The molecule has 0 bridgehead atoms. The van der Waals surface area contributed by atoms with E-state index in [0.717, 1.165) is 0 Å². The van der Waals surface area contributed by atoms with Gasteiger partial charge in [-0.25, -0.2) is 8.42 Å². The Morgan fingerprint density at radius 1 is 0.881 bits per heavy atom. The topological polar surface area (TPSA) is 137 Å². The number of benzene rings is 2. The van der Waals surface area contributed by atoms with Crippen LogP contribution in [0, 0.1) is 0 Å². The number of morpholine rings is 2. The molecule has 0 saturated carbocycles. The average Bonchev–Trinajstić information content (AvgIpc) is 3.38. The SMILES string of the molecule is CN1C(=O)C2(/C(=C(/O)c3ccc(S(=O)(=O)N4CCOCC4)cc3)C(=O)C(=O)N2CCN2CCOCC2)c2ccccc21. The number of anilines is 1. The number of ether oxygens (including phenoxy) is 2. The van der Waals surface area contributed by atoms with Gasteiger partial charge in [-0.3, -0.25) is 19.3 Å². The summed E-state index contributed by atoms with van der Waals surface area (Å²) < 4.78 is 38.2. The molecule has 0 aromatic heterocycles. The maximum atomic E-state index is 14.2. The minimum absolute atomic E-state index is 0.0173. The van der Waals surface area contributed by atoms with Gasteiger partial charge in [-0.2, -0.15) is 4.31 Å². The summed E-state index contributed by atoms with van der Waals surface area (Å²) in [6.45, 7) is 3.95. The fourth-order valence-corrected chi connectivity index (χ4v) is 7.61. The number of aliphatic hydroxyl groups excluding tert-OH is 1. The standard InChI is InChI=1S/C29H32N4O8S/c1-30-23-5-3-2-4-22(23)29(28(30)37)24(26(35)27(36)33(29)11-10-31-12-16-40-17-13-31)25(34)20-6-8-21(9-7-20)42(38,39)32-14-18-41-19-15-32/h2-9,34H,10-19H2,1H3/b25-24+. The number of amides is 2. The molecule has 1 atom stereocenters. The van der Waals surface area contributed by atoms with E-state index in [9.17, 15) is 27.9 Å². The van der Waals surface area contributed by atoms with E-state index in [1.165, 1.54) is 38.4 Å². The van der Waals surface area contributed by atoms with E-state index in [2.05, 4.69) is 4.90 Å². The summed E-state index contributed by atoms with van der Waals surface area (Å²) in [6.07, 6.45) is 0. The Morgan fingerprint density at radius 2 is 1.50 bits per heavy atom. The van der Waals surface area contributed by atoms with Crippen LogP contribution in [0.15, 0.2) is 59.0 Å². The lowest BCUT2D eigenvalue weighted by Crippen LogP contribution is -2.53. The summed E-state index contributed by atoms with van der Waals surface area (Å²) in [5.41, 5.74) is -1.14. The molecule has 1 spiro atoms. The third-order valence-corrected chi connectivity index (χ3v) is 10.3. The highest BCUT2D eigenvalue weighted by Gasteiger charge is 2.66. The molecule has 4 aliphatic rings. The van der Waals surface area contributed by atoms with Crippen LogP contribution in [0.3, 0.4) is 0 Å². The fraction of sp³-hybridized carbons (Fsp3) is 0.414. The number of sulfonamides is 1. The third-order valence-electron chi connectivity index (χ3n) is 8.42. The Kier molecular flexibility index (Phi) is 7.39. The Balaban J connectivity index is 1.44. The van der Waals surface area contributed by atoms with Crippen LogP contribution in [0.5, 0.6) is 0 Å². The maximum Gasteiger partial charge on any atom is 0.296 e. The van der Waals surface area contributed by atoms with Gasteiger partial charge in [0.05, 0.1) is 36.9 Å². The van der Waals surface area contributed by atoms with E-state index < -0.39 is 38.9 Å². The zero-order valence-corrected chi connectivity index (χ0v) is 24.0. The molecule has 1 N–H and O–H groups in total. The smallest absolute Gasteiger partial charge is 0.296 e. The molecule has 4 aliphatic heterocycles. The van der Waals surface area contributed by atoms with Gasteiger partial charge in [0, 0.05) is 63.1 Å². The number of carbonyl (C=O) groups excluding carboxylic acids is 3. The van der Waals surface area contributed by atoms with Crippen LogP contribution in [0.2, 0.25) is 0 Å². The monoisotopic (exact) mass is 596 g/mol. The van der Waals surface area contributed by atoms with Crippen molar-refractivity contribution in [3.63, 3.8) is 0 Å². The van der Waals surface area contributed by atoms with Gasteiger partial charge in [-0.1, -0.05) is 18.2 Å². The molecule has 13 heteroatoms. The van der Waals surface area contributed by atoms with E-state index in [4.69, 9.17) is 9.47 Å². The number of rotatable bonds is 6. The van der Waals surface area contributed by atoms with E-state index in [1.807, 2.05) is 0 Å². The largest absolute Gasteiger partial charge is 0.507 e. The average molecular weight is 597 g/mol. The van der Waals surface area contributed by atoms with Crippen molar-refractivity contribution in [3.05, 3.63) is 65.2 Å². The van der Waals surface area contributed by atoms with Crippen LogP contribution in [-0.4, -0.2) is 118 Å². The highest BCUT2D eigenvalue weighted by molar-refractivity contribution is 7.89. The number of hydrogen-bond acceptors (Lipinski definition) is 9. The molecule has 222 valence electrons. The first-order valence-corrected chi connectivity index (χ1v) is 15.3. The Morgan fingerprint density at radius 3 is 2.17 bits per heavy atom. The number of fused-ring (bicyclic) bond motifs is 2. The number of carbonyl (C=O) groups is 3. The van der Waals surface area contributed by atoms with Crippen molar-refractivity contribution in [1.82, 2.24) is 14.1 Å². The summed E-state index contributed by atoms with van der Waals surface area (Å²) in [5, 5.41) is 11.6. The van der Waals surface area contributed by atoms with Gasteiger partial charge in [0.1, 0.15) is 5.76 Å². The van der Waals surface area contributed by atoms with Gasteiger partial charge in [-0.15, -0.1) is 0 Å². The summed E-state index contributed by atoms with van der Waals surface area (Å²) >= 11 is 0. The molecular formula is C29H32N4O8S. The molecule has 2 amide bonds. The fourth-order valence-electron chi connectivity index (χ4n) is 6.20. The molecule has 2 aromatic carbocycles. The van der Waals surface area contributed by atoms with Crippen LogP contribution in [0.4, 0.5) is 5.69 Å². The van der Waals surface area contributed by atoms with Crippen molar-refractivity contribution in [3.8, 4) is 0 Å². The van der Waals surface area contributed by atoms with Crippen molar-refractivity contribution in [2.45, 2.75) is 10.4 Å². The van der Waals surface area contributed by atoms with Gasteiger partial charge in [0.25, 0.3) is 17.6 Å². The van der Waals surface area contributed by atoms with Crippen LogP contribution in [-0.2, 0) is 39.4 Å². The quantitative estimate of drug-likeness (QED) is 0.289. The van der Waals surface area contributed by atoms with Crippen molar-refractivity contribution in [1.29, 1.82) is 0 Å². The van der Waals surface area contributed by atoms with Crippen molar-refractivity contribution in [2.24, 2.45) is 0 Å². The zero-order valence-electron chi connectivity index (χ0n) is 23.2. The first kappa shape index (κ1) is 28.5. The number of para-hydroxylation sites is 1. The number of hydrogen-bond donors (Lipinski definition) is 1. The molecule has 0 radical (unpaired) electrons. The van der Waals surface area contributed by atoms with Gasteiger partial charge in [0.15, 0.2) is 5.54 Å². The normalized spacial score (nSPS) is 25.0. The second-order valence-corrected chi connectivity index (χ2v) is 12.5. The molecule has 1 unspecified atom stereocenters. The number of ketones is 1. The van der Waals surface area contributed by atoms with E-state index >= 15 is 0 Å². The summed E-state index contributed by atoms with van der Waals surface area (Å²) in [4.78, 5) is 46.3. The lowest BCUT2D eigenvalue weighted by Gasteiger charge is -2.36. The van der Waals surface area contributed by atoms with Crippen LogP contribution >= 0.6 is 0 Å². The van der Waals surface area contributed by atoms with Crippen LogP contribution in [0.1, 0.15) is 11.1 Å².